The highest BCUT2D eigenvalue weighted by molar-refractivity contribution is 5.98. The SMILES string of the molecule is COc1ccc2c(c1)O[C@@]1(C[C@H]3CC[C@@H]1C[C@@H]3C(=O)N1CCC[C@H](O)C1)NC2=O. The van der Waals surface area contributed by atoms with Crippen molar-refractivity contribution < 1.29 is 24.2 Å². The summed E-state index contributed by atoms with van der Waals surface area (Å²) in [6.07, 6.45) is 4.50. The Balaban J connectivity index is 1.37. The summed E-state index contributed by atoms with van der Waals surface area (Å²) in [5, 5.41) is 13.1. The number of β-amino-alcohol motifs (C(OH)–C–C–N with tert-alkyl or cyclic N) is 1. The summed E-state index contributed by atoms with van der Waals surface area (Å²) in [6.45, 7) is 1.17. The molecule has 0 aromatic heterocycles. The van der Waals surface area contributed by atoms with Crippen molar-refractivity contribution >= 4 is 11.8 Å². The number of fused-ring (bicyclic) bond motifs is 3. The fourth-order valence-corrected chi connectivity index (χ4v) is 5.81. The van der Waals surface area contributed by atoms with Gasteiger partial charge < -0.3 is 24.8 Å². The lowest BCUT2D eigenvalue weighted by molar-refractivity contribution is -0.157. The van der Waals surface area contributed by atoms with Gasteiger partial charge in [0.15, 0.2) is 5.72 Å². The monoisotopic (exact) mass is 400 g/mol. The molecule has 5 atom stereocenters. The molecule has 2 N–H and O–H groups in total. The van der Waals surface area contributed by atoms with Crippen molar-refractivity contribution in [3.63, 3.8) is 0 Å². The molecule has 2 aliphatic heterocycles. The molecular formula is C22H28N2O5. The van der Waals surface area contributed by atoms with Crippen LogP contribution < -0.4 is 14.8 Å². The molecule has 0 radical (unpaired) electrons. The Morgan fingerprint density at radius 2 is 2.21 bits per heavy atom. The molecule has 29 heavy (non-hydrogen) atoms. The number of methoxy groups -OCH3 is 1. The van der Waals surface area contributed by atoms with E-state index in [0.29, 0.717) is 30.0 Å². The number of ether oxygens (including phenoxy) is 2. The van der Waals surface area contributed by atoms with Crippen LogP contribution in [0.25, 0.3) is 0 Å². The molecule has 2 bridgehead atoms. The molecule has 2 amide bonds. The first-order valence-electron chi connectivity index (χ1n) is 10.7. The molecule has 5 aliphatic rings. The summed E-state index contributed by atoms with van der Waals surface area (Å²) in [7, 11) is 1.59. The maximum absolute atomic E-state index is 13.2. The number of hydrogen-bond acceptors (Lipinski definition) is 5. The molecule has 2 heterocycles. The topological polar surface area (TPSA) is 88.1 Å². The van der Waals surface area contributed by atoms with E-state index in [1.54, 1.807) is 25.3 Å². The summed E-state index contributed by atoms with van der Waals surface area (Å²) in [6, 6.07) is 5.26. The van der Waals surface area contributed by atoms with Gasteiger partial charge in [0.2, 0.25) is 5.91 Å². The summed E-state index contributed by atoms with van der Waals surface area (Å²) in [5.74, 6) is 1.49. The van der Waals surface area contributed by atoms with Crippen molar-refractivity contribution in [2.45, 2.75) is 50.4 Å². The Kier molecular flexibility index (Phi) is 4.46. The van der Waals surface area contributed by atoms with Gasteiger partial charge in [-0.15, -0.1) is 0 Å². The first-order valence-corrected chi connectivity index (χ1v) is 10.7. The van der Waals surface area contributed by atoms with Crippen LogP contribution in [0, 0.1) is 17.8 Å². The number of piperidine rings is 1. The molecule has 3 saturated carbocycles. The van der Waals surface area contributed by atoms with E-state index in [9.17, 15) is 14.7 Å². The number of nitrogens with one attached hydrogen (secondary N) is 1. The zero-order valence-electron chi connectivity index (χ0n) is 16.7. The van der Waals surface area contributed by atoms with Crippen LogP contribution in [-0.4, -0.2) is 53.8 Å². The van der Waals surface area contributed by atoms with E-state index in [4.69, 9.17) is 9.47 Å². The summed E-state index contributed by atoms with van der Waals surface area (Å²) in [4.78, 5) is 27.8. The highest BCUT2D eigenvalue weighted by Gasteiger charge is 2.57. The maximum atomic E-state index is 13.2. The van der Waals surface area contributed by atoms with E-state index >= 15 is 0 Å². The summed E-state index contributed by atoms with van der Waals surface area (Å²) < 4.78 is 11.7. The van der Waals surface area contributed by atoms with Crippen LogP contribution >= 0.6 is 0 Å². The van der Waals surface area contributed by atoms with Gasteiger partial charge in [-0.3, -0.25) is 9.59 Å². The standard InChI is InChI=1S/C22H28N2O5/c1-28-16-6-7-17-19(10-16)29-22(23-20(17)26)11-13-4-5-14(22)9-18(13)21(27)24-8-2-3-15(25)12-24/h6-7,10,13-15,18,25H,2-5,8-9,11-12H2,1H3,(H,23,26)/t13-,14-,15+,18+,22-/m1/s1. The van der Waals surface area contributed by atoms with Gasteiger partial charge in [-0.1, -0.05) is 0 Å². The van der Waals surface area contributed by atoms with Crippen LogP contribution in [0.1, 0.15) is 48.9 Å². The van der Waals surface area contributed by atoms with E-state index in [1.807, 2.05) is 4.90 Å². The molecule has 7 heteroatoms. The predicted octanol–water partition coefficient (Wildman–Crippen LogP) is 1.93. The quantitative estimate of drug-likeness (QED) is 0.792. The maximum Gasteiger partial charge on any atom is 0.258 e. The fraction of sp³-hybridized carbons (Fsp3) is 0.636. The average Bonchev–Trinajstić information content (AvgIpc) is 2.73. The van der Waals surface area contributed by atoms with Crippen molar-refractivity contribution in [1.82, 2.24) is 10.2 Å². The molecule has 156 valence electrons. The van der Waals surface area contributed by atoms with Crippen LogP contribution in [0.3, 0.4) is 0 Å². The average molecular weight is 400 g/mol. The van der Waals surface area contributed by atoms with Gasteiger partial charge in [0.05, 0.1) is 18.8 Å². The molecular weight excluding hydrogens is 372 g/mol. The van der Waals surface area contributed by atoms with Crippen LogP contribution in [0.5, 0.6) is 11.5 Å². The van der Waals surface area contributed by atoms with Crippen LogP contribution in [0.15, 0.2) is 18.2 Å². The van der Waals surface area contributed by atoms with Gasteiger partial charge in [-0.2, -0.15) is 0 Å². The van der Waals surface area contributed by atoms with Gasteiger partial charge in [0.1, 0.15) is 11.5 Å². The van der Waals surface area contributed by atoms with Gasteiger partial charge in [0.25, 0.3) is 5.91 Å². The largest absolute Gasteiger partial charge is 0.497 e. The second-order valence-corrected chi connectivity index (χ2v) is 8.97. The molecule has 3 aliphatic carbocycles. The van der Waals surface area contributed by atoms with Gasteiger partial charge >= 0.3 is 0 Å². The smallest absolute Gasteiger partial charge is 0.258 e. The number of aliphatic hydroxyl groups is 1. The zero-order chi connectivity index (χ0) is 20.2. The third-order valence-electron chi connectivity index (χ3n) is 7.29. The minimum Gasteiger partial charge on any atom is -0.497 e. The molecule has 1 spiro atoms. The summed E-state index contributed by atoms with van der Waals surface area (Å²) >= 11 is 0. The Hall–Kier alpha value is -2.28. The van der Waals surface area contributed by atoms with E-state index in [1.165, 1.54) is 0 Å². The number of carbonyl (C=O) groups is 2. The number of hydrogen-bond donors (Lipinski definition) is 2. The number of aliphatic hydroxyl groups excluding tert-OH is 1. The highest BCUT2D eigenvalue weighted by atomic mass is 16.5. The second kappa shape index (κ2) is 6.90. The number of rotatable bonds is 2. The van der Waals surface area contributed by atoms with E-state index < -0.39 is 11.8 Å². The van der Waals surface area contributed by atoms with Gasteiger partial charge in [-0.05, 0) is 50.2 Å². The lowest BCUT2D eigenvalue weighted by atomic mass is 9.59. The molecule has 4 fully saturated rings. The number of nitrogens with zero attached hydrogens (tertiary/aromatic N) is 1. The predicted molar refractivity (Wildman–Crippen MR) is 105 cm³/mol. The molecule has 6 rings (SSSR count). The highest BCUT2D eigenvalue weighted by Crippen LogP contribution is 2.53. The first-order chi connectivity index (χ1) is 14.0. The first kappa shape index (κ1) is 18.7. The van der Waals surface area contributed by atoms with E-state index in [2.05, 4.69) is 5.32 Å². The molecule has 1 saturated heterocycles. The fourth-order valence-electron chi connectivity index (χ4n) is 5.81. The van der Waals surface area contributed by atoms with Crippen molar-refractivity contribution in [3.05, 3.63) is 23.8 Å². The zero-order valence-corrected chi connectivity index (χ0v) is 16.7. The normalized spacial score (nSPS) is 35.7. The van der Waals surface area contributed by atoms with E-state index in [-0.39, 0.29) is 29.6 Å². The van der Waals surface area contributed by atoms with Crippen molar-refractivity contribution in [3.8, 4) is 11.5 Å². The number of carbonyl (C=O) groups excluding carboxylic acids is 2. The second-order valence-electron chi connectivity index (χ2n) is 8.97. The van der Waals surface area contributed by atoms with Gasteiger partial charge in [-0.25, -0.2) is 0 Å². The third-order valence-corrected chi connectivity index (χ3v) is 7.29. The Bertz CT molecular complexity index is 842. The van der Waals surface area contributed by atoms with Crippen molar-refractivity contribution in [1.29, 1.82) is 0 Å². The van der Waals surface area contributed by atoms with E-state index in [0.717, 1.165) is 38.6 Å². The van der Waals surface area contributed by atoms with Crippen LogP contribution in [-0.2, 0) is 4.79 Å². The van der Waals surface area contributed by atoms with Gasteiger partial charge in [0, 0.05) is 37.4 Å². The number of amides is 2. The minimum absolute atomic E-state index is 0.0446. The summed E-state index contributed by atoms with van der Waals surface area (Å²) in [5.41, 5.74) is -0.217. The lowest BCUT2D eigenvalue weighted by Gasteiger charge is -2.55. The van der Waals surface area contributed by atoms with Crippen molar-refractivity contribution in [2.24, 2.45) is 17.8 Å². The van der Waals surface area contributed by atoms with Crippen LogP contribution in [0.4, 0.5) is 0 Å². The molecule has 1 aromatic carbocycles. The third kappa shape index (κ3) is 3.06. The Morgan fingerprint density at radius 3 is 2.93 bits per heavy atom. The molecule has 7 nitrogen and oxygen atoms in total. The molecule has 1 aromatic rings. The Morgan fingerprint density at radius 1 is 1.34 bits per heavy atom. The van der Waals surface area contributed by atoms with Crippen LogP contribution in [0.2, 0.25) is 0 Å². The number of benzene rings is 1. The number of likely N-dealkylation sites (tertiary alicyclic amines) is 1. The van der Waals surface area contributed by atoms with Crippen molar-refractivity contribution in [2.75, 3.05) is 20.2 Å². The Labute approximate surface area is 170 Å². The minimum atomic E-state index is -0.739. The molecule has 0 unspecified atom stereocenters. The lowest BCUT2D eigenvalue weighted by Crippen LogP contribution is -2.67.